The Bertz CT molecular complexity index is 371. The highest BCUT2D eigenvalue weighted by Gasteiger charge is 2.09. The number of carbonyl (C=O) groups excluding carboxylic acids is 1. The molecule has 0 bridgehead atoms. The molecule has 88 valence electrons. The van der Waals surface area contributed by atoms with Gasteiger partial charge in [0.05, 0.1) is 10.6 Å². The van der Waals surface area contributed by atoms with Crippen LogP contribution in [0, 0.1) is 3.57 Å². The van der Waals surface area contributed by atoms with Gasteiger partial charge in [0.25, 0.3) is 5.91 Å². The fourth-order valence-corrected chi connectivity index (χ4v) is 2.18. The molecule has 16 heavy (non-hydrogen) atoms. The molecule has 0 spiro atoms. The summed E-state index contributed by atoms with van der Waals surface area (Å²) in [6.07, 6.45) is 1.81. The molecule has 1 aromatic rings. The molecule has 1 aromatic carbocycles. The van der Waals surface area contributed by atoms with Crippen LogP contribution < -0.4 is 11.1 Å². The molecule has 3 N–H and O–H groups in total. The molecule has 0 atom stereocenters. The highest BCUT2D eigenvalue weighted by atomic mass is 127. The lowest BCUT2D eigenvalue weighted by Crippen LogP contribution is -2.25. The van der Waals surface area contributed by atoms with Gasteiger partial charge in [0, 0.05) is 10.1 Å². The first-order chi connectivity index (χ1) is 7.65. The lowest BCUT2D eigenvalue weighted by molar-refractivity contribution is 0.0953. The standard InChI is InChI=1S/C11H14ClIN2O/c12-10-7-8(13)3-4-9(10)11(16)15-6-2-1-5-14/h3-4,7H,1-2,5-6,14H2,(H,15,16). The predicted octanol–water partition coefficient (Wildman–Crippen LogP) is 2.41. The maximum Gasteiger partial charge on any atom is 0.252 e. The van der Waals surface area contributed by atoms with Gasteiger partial charge >= 0.3 is 0 Å². The third-order valence-corrected chi connectivity index (χ3v) is 3.08. The Morgan fingerprint density at radius 3 is 2.81 bits per heavy atom. The van der Waals surface area contributed by atoms with Crippen LogP contribution in [-0.4, -0.2) is 19.0 Å². The Labute approximate surface area is 114 Å². The second kappa shape index (κ2) is 7.09. The molecule has 0 heterocycles. The summed E-state index contributed by atoms with van der Waals surface area (Å²) in [5, 5.41) is 3.30. The van der Waals surface area contributed by atoms with Crippen LogP contribution in [0.3, 0.4) is 0 Å². The van der Waals surface area contributed by atoms with E-state index >= 15 is 0 Å². The lowest BCUT2D eigenvalue weighted by atomic mass is 10.2. The van der Waals surface area contributed by atoms with Gasteiger partial charge in [0.2, 0.25) is 0 Å². The van der Waals surface area contributed by atoms with Crippen LogP contribution >= 0.6 is 34.2 Å². The van der Waals surface area contributed by atoms with Crippen molar-refractivity contribution in [2.45, 2.75) is 12.8 Å². The van der Waals surface area contributed by atoms with Crippen LogP contribution in [0.2, 0.25) is 5.02 Å². The number of nitrogens with two attached hydrogens (primary N) is 1. The average molecular weight is 353 g/mol. The molecule has 0 fully saturated rings. The molecule has 0 saturated carbocycles. The zero-order valence-electron chi connectivity index (χ0n) is 8.80. The third kappa shape index (κ3) is 4.27. The fraction of sp³-hybridized carbons (Fsp3) is 0.364. The Kier molecular flexibility index (Phi) is 6.08. The van der Waals surface area contributed by atoms with E-state index in [1.807, 2.05) is 6.07 Å². The van der Waals surface area contributed by atoms with E-state index in [1.165, 1.54) is 0 Å². The largest absolute Gasteiger partial charge is 0.352 e. The minimum absolute atomic E-state index is 0.126. The molecule has 1 amide bonds. The number of halogens is 2. The monoisotopic (exact) mass is 352 g/mol. The molecule has 0 aliphatic rings. The van der Waals surface area contributed by atoms with Gasteiger partial charge in [-0.1, -0.05) is 11.6 Å². The normalized spacial score (nSPS) is 10.2. The molecule has 0 aliphatic carbocycles. The Hall–Kier alpha value is -0.330. The van der Waals surface area contributed by atoms with E-state index in [9.17, 15) is 4.79 Å². The number of hydrogen-bond acceptors (Lipinski definition) is 2. The molecule has 0 aliphatic heterocycles. The minimum atomic E-state index is -0.126. The molecule has 1 rings (SSSR count). The van der Waals surface area contributed by atoms with Crippen molar-refractivity contribution in [3.63, 3.8) is 0 Å². The summed E-state index contributed by atoms with van der Waals surface area (Å²) >= 11 is 8.13. The van der Waals surface area contributed by atoms with Crippen molar-refractivity contribution in [3.8, 4) is 0 Å². The average Bonchev–Trinajstić information content (AvgIpc) is 2.24. The van der Waals surface area contributed by atoms with E-state index < -0.39 is 0 Å². The van der Waals surface area contributed by atoms with Crippen LogP contribution in [0.25, 0.3) is 0 Å². The smallest absolute Gasteiger partial charge is 0.252 e. The van der Waals surface area contributed by atoms with Crippen molar-refractivity contribution >= 4 is 40.1 Å². The van der Waals surface area contributed by atoms with Gasteiger partial charge in [-0.25, -0.2) is 0 Å². The van der Waals surface area contributed by atoms with Crippen LogP contribution in [0.4, 0.5) is 0 Å². The fourth-order valence-electron chi connectivity index (χ4n) is 1.24. The maximum atomic E-state index is 11.7. The van der Waals surface area contributed by atoms with Gasteiger partial charge in [0.1, 0.15) is 0 Å². The molecule has 3 nitrogen and oxygen atoms in total. The van der Waals surface area contributed by atoms with Crippen LogP contribution in [0.1, 0.15) is 23.2 Å². The Balaban J connectivity index is 2.53. The molecule has 0 unspecified atom stereocenters. The highest BCUT2D eigenvalue weighted by Crippen LogP contribution is 2.18. The van der Waals surface area contributed by atoms with E-state index in [-0.39, 0.29) is 5.91 Å². The summed E-state index contributed by atoms with van der Waals surface area (Å²) in [4.78, 5) is 11.7. The van der Waals surface area contributed by atoms with Gasteiger partial charge in [-0.3, -0.25) is 4.79 Å². The van der Waals surface area contributed by atoms with E-state index in [0.29, 0.717) is 23.7 Å². The molecular formula is C11H14ClIN2O. The van der Waals surface area contributed by atoms with Gasteiger partial charge < -0.3 is 11.1 Å². The zero-order valence-corrected chi connectivity index (χ0v) is 11.7. The summed E-state index contributed by atoms with van der Waals surface area (Å²) < 4.78 is 1.02. The molecule has 5 heteroatoms. The first-order valence-electron chi connectivity index (χ1n) is 5.08. The number of rotatable bonds is 5. The number of hydrogen-bond donors (Lipinski definition) is 2. The van der Waals surface area contributed by atoms with Crippen molar-refractivity contribution in [1.29, 1.82) is 0 Å². The third-order valence-electron chi connectivity index (χ3n) is 2.09. The summed E-state index contributed by atoms with van der Waals surface area (Å²) in [5.74, 6) is -0.126. The summed E-state index contributed by atoms with van der Waals surface area (Å²) in [6.45, 7) is 1.29. The number of amides is 1. The van der Waals surface area contributed by atoms with Gasteiger partial charge in [-0.2, -0.15) is 0 Å². The van der Waals surface area contributed by atoms with Gasteiger partial charge in [0.15, 0.2) is 0 Å². The van der Waals surface area contributed by atoms with Crippen LogP contribution in [-0.2, 0) is 0 Å². The van der Waals surface area contributed by atoms with Crippen molar-refractivity contribution in [3.05, 3.63) is 32.4 Å². The quantitative estimate of drug-likeness (QED) is 0.631. The van der Waals surface area contributed by atoms with E-state index in [1.54, 1.807) is 12.1 Å². The highest BCUT2D eigenvalue weighted by molar-refractivity contribution is 14.1. The first kappa shape index (κ1) is 13.7. The Morgan fingerprint density at radius 2 is 2.19 bits per heavy atom. The molecule has 0 saturated heterocycles. The van der Waals surface area contributed by atoms with Gasteiger partial charge in [-0.15, -0.1) is 0 Å². The van der Waals surface area contributed by atoms with Crippen molar-refractivity contribution in [2.24, 2.45) is 5.73 Å². The van der Waals surface area contributed by atoms with Crippen molar-refractivity contribution in [1.82, 2.24) is 5.32 Å². The predicted molar refractivity (Wildman–Crippen MR) is 74.8 cm³/mol. The second-order valence-corrected chi connectivity index (χ2v) is 5.03. The molecule has 0 radical (unpaired) electrons. The molecular weight excluding hydrogens is 338 g/mol. The zero-order chi connectivity index (χ0) is 12.0. The minimum Gasteiger partial charge on any atom is -0.352 e. The summed E-state index contributed by atoms with van der Waals surface area (Å²) in [7, 11) is 0. The lowest BCUT2D eigenvalue weighted by Gasteiger charge is -2.06. The molecule has 0 aromatic heterocycles. The number of unbranched alkanes of at least 4 members (excludes halogenated alkanes) is 1. The van der Waals surface area contributed by atoms with Crippen molar-refractivity contribution in [2.75, 3.05) is 13.1 Å². The number of nitrogens with one attached hydrogen (secondary N) is 1. The van der Waals surface area contributed by atoms with Crippen LogP contribution in [0.5, 0.6) is 0 Å². The van der Waals surface area contributed by atoms with E-state index in [4.69, 9.17) is 17.3 Å². The maximum absolute atomic E-state index is 11.7. The SMILES string of the molecule is NCCCCNC(=O)c1ccc(I)cc1Cl. The van der Waals surface area contributed by atoms with Gasteiger partial charge in [-0.05, 0) is 60.2 Å². The second-order valence-electron chi connectivity index (χ2n) is 3.38. The van der Waals surface area contributed by atoms with E-state index in [0.717, 1.165) is 16.4 Å². The van der Waals surface area contributed by atoms with Crippen LogP contribution in [0.15, 0.2) is 18.2 Å². The number of benzene rings is 1. The van der Waals surface area contributed by atoms with Crippen molar-refractivity contribution < 1.29 is 4.79 Å². The first-order valence-corrected chi connectivity index (χ1v) is 6.54. The summed E-state index contributed by atoms with van der Waals surface area (Å²) in [6, 6.07) is 5.38. The summed E-state index contributed by atoms with van der Waals surface area (Å²) in [5.41, 5.74) is 5.89. The Morgan fingerprint density at radius 1 is 1.44 bits per heavy atom. The van der Waals surface area contributed by atoms with E-state index in [2.05, 4.69) is 27.9 Å². The topological polar surface area (TPSA) is 55.1 Å². The number of carbonyl (C=O) groups is 1.